The van der Waals surface area contributed by atoms with Gasteiger partial charge in [0.05, 0.1) is 19.7 Å². The predicted molar refractivity (Wildman–Crippen MR) is 83.8 cm³/mol. The molecule has 1 aromatic heterocycles. The smallest absolute Gasteiger partial charge is 0.150 e. The van der Waals surface area contributed by atoms with Crippen LogP contribution in [0, 0.1) is 13.8 Å². The van der Waals surface area contributed by atoms with E-state index in [9.17, 15) is 4.79 Å². The first kappa shape index (κ1) is 13.5. The molecular formula is C17H17NO3. The number of H-pyrrole nitrogens is 1. The highest BCUT2D eigenvalue weighted by Gasteiger charge is 2.16. The van der Waals surface area contributed by atoms with E-state index in [1.54, 1.807) is 14.2 Å². The van der Waals surface area contributed by atoms with Crippen molar-refractivity contribution in [2.75, 3.05) is 14.2 Å². The molecule has 0 spiro atoms. The van der Waals surface area contributed by atoms with Crippen LogP contribution in [-0.4, -0.2) is 25.5 Å². The number of carbonyl (C=O) groups excluding carboxylic acids is 1. The van der Waals surface area contributed by atoms with E-state index in [4.69, 9.17) is 9.47 Å². The van der Waals surface area contributed by atoms with Crippen molar-refractivity contribution in [3.05, 3.63) is 34.9 Å². The molecule has 21 heavy (non-hydrogen) atoms. The second-order valence-electron chi connectivity index (χ2n) is 5.15. The third-order valence-corrected chi connectivity index (χ3v) is 4.00. The Kier molecular flexibility index (Phi) is 3.09. The van der Waals surface area contributed by atoms with Crippen LogP contribution >= 0.6 is 0 Å². The van der Waals surface area contributed by atoms with Crippen LogP contribution in [0.4, 0.5) is 0 Å². The third-order valence-electron chi connectivity index (χ3n) is 4.00. The van der Waals surface area contributed by atoms with Crippen LogP contribution in [0.2, 0.25) is 0 Å². The summed E-state index contributed by atoms with van der Waals surface area (Å²) < 4.78 is 10.8. The van der Waals surface area contributed by atoms with Gasteiger partial charge in [-0.15, -0.1) is 0 Å². The van der Waals surface area contributed by atoms with Crippen LogP contribution in [0.3, 0.4) is 0 Å². The van der Waals surface area contributed by atoms with Gasteiger partial charge in [0.1, 0.15) is 17.8 Å². The number of carbonyl (C=O) groups is 1. The molecule has 0 amide bonds. The highest BCUT2D eigenvalue weighted by atomic mass is 16.5. The Morgan fingerprint density at radius 3 is 2.43 bits per heavy atom. The van der Waals surface area contributed by atoms with Crippen LogP contribution < -0.4 is 9.47 Å². The fraction of sp³-hybridized carbons (Fsp3) is 0.235. The zero-order valence-corrected chi connectivity index (χ0v) is 12.5. The van der Waals surface area contributed by atoms with E-state index in [1.165, 1.54) is 0 Å². The minimum atomic E-state index is 0.711. The molecule has 0 fully saturated rings. The van der Waals surface area contributed by atoms with Gasteiger partial charge in [0, 0.05) is 27.9 Å². The van der Waals surface area contributed by atoms with Gasteiger partial charge in [-0.25, -0.2) is 0 Å². The molecule has 0 atom stereocenters. The summed E-state index contributed by atoms with van der Waals surface area (Å²) in [5.41, 5.74) is 4.66. The maximum Gasteiger partial charge on any atom is 0.150 e. The topological polar surface area (TPSA) is 51.3 Å². The zero-order chi connectivity index (χ0) is 15.1. The van der Waals surface area contributed by atoms with Crippen molar-refractivity contribution in [1.29, 1.82) is 0 Å². The van der Waals surface area contributed by atoms with E-state index in [0.29, 0.717) is 5.56 Å². The van der Waals surface area contributed by atoms with Crippen molar-refractivity contribution in [3.8, 4) is 11.5 Å². The number of ether oxygens (including phenoxy) is 2. The molecule has 0 saturated heterocycles. The number of aromatic nitrogens is 1. The first-order valence-corrected chi connectivity index (χ1v) is 6.73. The monoisotopic (exact) mass is 283 g/mol. The van der Waals surface area contributed by atoms with Gasteiger partial charge in [-0.2, -0.15) is 0 Å². The molecular weight excluding hydrogens is 266 g/mol. The quantitative estimate of drug-likeness (QED) is 0.744. The number of aldehydes is 1. The zero-order valence-electron chi connectivity index (χ0n) is 12.5. The molecule has 108 valence electrons. The molecule has 3 aromatic rings. The number of hydrogen-bond acceptors (Lipinski definition) is 3. The molecule has 1 heterocycles. The van der Waals surface area contributed by atoms with Crippen LogP contribution in [-0.2, 0) is 0 Å². The van der Waals surface area contributed by atoms with Crippen LogP contribution in [0.25, 0.3) is 21.8 Å². The number of benzene rings is 2. The summed E-state index contributed by atoms with van der Waals surface area (Å²) in [4.78, 5) is 14.7. The van der Waals surface area contributed by atoms with Gasteiger partial charge in [0.25, 0.3) is 0 Å². The van der Waals surface area contributed by atoms with Crippen LogP contribution in [0.1, 0.15) is 21.5 Å². The molecule has 0 aliphatic rings. The summed E-state index contributed by atoms with van der Waals surface area (Å²) in [5, 5.41) is 2.05. The van der Waals surface area contributed by atoms with Crippen molar-refractivity contribution in [1.82, 2.24) is 4.98 Å². The molecule has 1 N–H and O–H groups in total. The van der Waals surface area contributed by atoms with Gasteiger partial charge in [0.2, 0.25) is 0 Å². The largest absolute Gasteiger partial charge is 0.497 e. The maximum absolute atomic E-state index is 11.3. The first-order valence-electron chi connectivity index (χ1n) is 6.73. The van der Waals surface area contributed by atoms with Crippen LogP contribution in [0.5, 0.6) is 11.5 Å². The van der Waals surface area contributed by atoms with Gasteiger partial charge >= 0.3 is 0 Å². The van der Waals surface area contributed by atoms with Gasteiger partial charge in [-0.3, -0.25) is 4.79 Å². The van der Waals surface area contributed by atoms with E-state index < -0.39 is 0 Å². The van der Waals surface area contributed by atoms with E-state index in [1.807, 2.05) is 32.0 Å². The lowest BCUT2D eigenvalue weighted by Gasteiger charge is -2.06. The number of nitrogens with one attached hydrogen (secondary N) is 1. The van der Waals surface area contributed by atoms with Gasteiger partial charge in [0.15, 0.2) is 0 Å². The highest BCUT2D eigenvalue weighted by molar-refractivity contribution is 6.13. The summed E-state index contributed by atoms with van der Waals surface area (Å²) in [6.45, 7) is 3.96. The van der Waals surface area contributed by atoms with Crippen LogP contribution in [0.15, 0.2) is 18.2 Å². The van der Waals surface area contributed by atoms with Crippen molar-refractivity contribution in [2.24, 2.45) is 0 Å². The van der Waals surface area contributed by atoms with E-state index in [-0.39, 0.29) is 0 Å². The summed E-state index contributed by atoms with van der Waals surface area (Å²) in [6, 6.07) is 5.73. The molecule has 2 aromatic carbocycles. The predicted octanol–water partition coefficient (Wildman–Crippen LogP) is 3.77. The Balaban J connectivity index is 2.56. The maximum atomic E-state index is 11.3. The Morgan fingerprint density at radius 1 is 1.05 bits per heavy atom. The number of methoxy groups -OCH3 is 2. The minimum absolute atomic E-state index is 0.711. The van der Waals surface area contributed by atoms with E-state index >= 15 is 0 Å². The lowest BCUT2D eigenvalue weighted by Crippen LogP contribution is -1.90. The lowest BCUT2D eigenvalue weighted by molar-refractivity contribution is 0.112. The molecule has 0 radical (unpaired) electrons. The molecule has 0 aliphatic carbocycles. The SMILES string of the molecule is COc1cc(OC)c2[nH]c3c(C)cc(C=O)c(C)c3c2c1. The first-order chi connectivity index (χ1) is 10.1. The number of fused-ring (bicyclic) bond motifs is 3. The van der Waals surface area contributed by atoms with Crippen molar-refractivity contribution >= 4 is 28.1 Å². The van der Waals surface area contributed by atoms with Gasteiger partial charge in [-0.05, 0) is 37.1 Å². The summed E-state index contributed by atoms with van der Waals surface area (Å²) >= 11 is 0. The Labute approximate surface area is 122 Å². The fourth-order valence-electron chi connectivity index (χ4n) is 2.88. The molecule has 0 bridgehead atoms. The fourth-order valence-corrected chi connectivity index (χ4v) is 2.88. The number of aryl methyl sites for hydroxylation is 2. The Bertz CT molecular complexity index is 862. The number of rotatable bonds is 3. The molecule has 4 heteroatoms. The average molecular weight is 283 g/mol. The normalized spacial score (nSPS) is 11.0. The molecule has 0 saturated carbocycles. The second kappa shape index (κ2) is 4.81. The molecule has 0 aliphatic heterocycles. The Hall–Kier alpha value is -2.49. The molecule has 3 rings (SSSR count). The second-order valence-corrected chi connectivity index (χ2v) is 5.15. The number of hydrogen-bond donors (Lipinski definition) is 1. The molecule has 4 nitrogen and oxygen atoms in total. The van der Waals surface area contributed by atoms with Crippen molar-refractivity contribution < 1.29 is 14.3 Å². The number of aromatic amines is 1. The minimum Gasteiger partial charge on any atom is -0.497 e. The summed E-state index contributed by atoms with van der Waals surface area (Å²) in [5.74, 6) is 1.46. The summed E-state index contributed by atoms with van der Waals surface area (Å²) in [7, 11) is 3.26. The molecule has 0 unspecified atom stereocenters. The Morgan fingerprint density at radius 2 is 1.81 bits per heavy atom. The van der Waals surface area contributed by atoms with Crippen molar-refractivity contribution in [3.63, 3.8) is 0 Å². The van der Waals surface area contributed by atoms with Gasteiger partial charge in [-0.1, -0.05) is 0 Å². The van der Waals surface area contributed by atoms with E-state index in [2.05, 4.69) is 4.98 Å². The summed E-state index contributed by atoms with van der Waals surface area (Å²) in [6.07, 6.45) is 0.901. The van der Waals surface area contributed by atoms with E-state index in [0.717, 1.165) is 50.7 Å². The lowest BCUT2D eigenvalue weighted by atomic mass is 9.99. The van der Waals surface area contributed by atoms with Crippen molar-refractivity contribution in [2.45, 2.75) is 13.8 Å². The van der Waals surface area contributed by atoms with Gasteiger partial charge < -0.3 is 14.5 Å². The third kappa shape index (κ3) is 1.87. The average Bonchev–Trinajstić information content (AvgIpc) is 2.89. The highest BCUT2D eigenvalue weighted by Crippen LogP contribution is 2.38. The standard InChI is InChI=1S/C17H17NO3/c1-9-5-11(8-19)10(2)15-13-6-12(20-3)7-14(21-4)17(13)18-16(9)15/h5-8,18H,1-4H3.